The van der Waals surface area contributed by atoms with Crippen molar-refractivity contribution >= 4 is 33.4 Å². The Balaban J connectivity index is 2.09. The van der Waals surface area contributed by atoms with Crippen LogP contribution >= 0.6 is 27.5 Å². The Kier molecular flexibility index (Phi) is 4.89. The number of methoxy groups -OCH3 is 1. The lowest BCUT2D eigenvalue weighted by Gasteiger charge is -2.31. The van der Waals surface area contributed by atoms with Crippen LogP contribution in [-0.4, -0.2) is 43.2 Å². The van der Waals surface area contributed by atoms with Gasteiger partial charge in [0.2, 0.25) is 0 Å². The first-order valence-electron chi connectivity index (χ1n) is 6.12. The SMILES string of the molecule is CO[C@H]1CNCC[C@H]1NC(=O)c1[nH]c(C)c(Cl)c1Br. The first kappa shape index (κ1) is 14.8. The highest BCUT2D eigenvalue weighted by Crippen LogP contribution is 2.29. The molecule has 0 aliphatic carbocycles. The second-order valence-corrected chi connectivity index (χ2v) is 5.77. The fourth-order valence-corrected chi connectivity index (χ4v) is 2.93. The van der Waals surface area contributed by atoms with Gasteiger partial charge in [0.1, 0.15) is 5.69 Å². The summed E-state index contributed by atoms with van der Waals surface area (Å²) in [5.41, 5.74) is 1.23. The average molecular weight is 351 g/mol. The van der Waals surface area contributed by atoms with Gasteiger partial charge in [-0.1, -0.05) is 11.6 Å². The Labute approximate surface area is 125 Å². The van der Waals surface area contributed by atoms with Crippen molar-refractivity contribution in [1.29, 1.82) is 0 Å². The zero-order chi connectivity index (χ0) is 14.0. The quantitative estimate of drug-likeness (QED) is 0.779. The van der Waals surface area contributed by atoms with Crippen molar-refractivity contribution in [3.8, 4) is 0 Å². The van der Waals surface area contributed by atoms with Crippen LogP contribution in [0, 0.1) is 6.92 Å². The Morgan fingerprint density at radius 3 is 2.89 bits per heavy atom. The standard InChI is InChI=1S/C12H17BrClN3O2/c1-6-10(14)9(13)11(16-6)12(18)17-7-3-4-15-5-8(7)19-2/h7-8,15-16H,3-5H2,1-2H3,(H,17,18)/t7-,8+/m1/s1. The number of hydrogen-bond donors (Lipinski definition) is 3. The second kappa shape index (κ2) is 6.26. The van der Waals surface area contributed by atoms with E-state index in [9.17, 15) is 4.79 Å². The number of aromatic nitrogens is 1. The number of H-pyrrole nitrogens is 1. The van der Waals surface area contributed by atoms with Crippen LogP contribution in [0.25, 0.3) is 0 Å². The van der Waals surface area contributed by atoms with Crippen molar-refractivity contribution in [3.05, 3.63) is 20.9 Å². The molecule has 1 aromatic heterocycles. The molecule has 0 radical (unpaired) electrons. The molecule has 1 aromatic rings. The highest BCUT2D eigenvalue weighted by molar-refractivity contribution is 9.10. The van der Waals surface area contributed by atoms with Crippen LogP contribution in [0.5, 0.6) is 0 Å². The molecule has 0 aromatic carbocycles. The third kappa shape index (κ3) is 3.13. The fraction of sp³-hybridized carbons (Fsp3) is 0.583. The molecule has 2 atom stereocenters. The van der Waals surface area contributed by atoms with Crippen molar-refractivity contribution in [2.24, 2.45) is 0 Å². The molecule has 1 fully saturated rings. The summed E-state index contributed by atoms with van der Waals surface area (Å²) in [5, 5.41) is 6.77. The van der Waals surface area contributed by atoms with Gasteiger partial charge in [0.15, 0.2) is 0 Å². The van der Waals surface area contributed by atoms with Crippen molar-refractivity contribution in [2.45, 2.75) is 25.5 Å². The van der Waals surface area contributed by atoms with Gasteiger partial charge in [-0.2, -0.15) is 0 Å². The van der Waals surface area contributed by atoms with Gasteiger partial charge < -0.3 is 20.4 Å². The summed E-state index contributed by atoms with van der Waals surface area (Å²) < 4.78 is 5.98. The zero-order valence-electron chi connectivity index (χ0n) is 10.8. The van der Waals surface area contributed by atoms with Gasteiger partial charge in [-0.3, -0.25) is 4.79 Å². The summed E-state index contributed by atoms with van der Waals surface area (Å²) in [4.78, 5) is 15.2. The molecule has 5 nitrogen and oxygen atoms in total. The maximum atomic E-state index is 12.3. The highest BCUT2D eigenvalue weighted by atomic mass is 79.9. The lowest BCUT2D eigenvalue weighted by atomic mass is 10.0. The van der Waals surface area contributed by atoms with Crippen molar-refractivity contribution < 1.29 is 9.53 Å². The number of carbonyl (C=O) groups is 1. The predicted molar refractivity (Wildman–Crippen MR) is 77.8 cm³/mol. The topological polar surface area (TPSA) is 66.2 Å². The molecule has 1 aliphatic rings. The van der Waals surface area contributed by atoms with E-state index in [0.29, 0.717) is 15.2 Å². The summed E-state index contributed by atoms with van der Waals surface area (Å²) in [7, 11) is 1.66. The van der Waals surface area contributed by atoms with Crippen molar-refractivity contribution in [1.82, 2.24) is 15.6 Å². The minimum atomic E-state index is -0.171. The van der Waals surface area contributed by atoms with Gasteiger partial charge in [-0.15, -0.1) is 0 Å². The fourth-order valence-electron chi connectivity index (χ4n) is 2.21. The number of amides is 1. The van der Waals surface area contributed by atoms with E-state index in [2.05, 4.69) is 31.5 Å². The van der Waals surface area contributed by atoms with Crippen LogP contribution < -0.4 is 10.6 Å². The summed E-state index contributed by atoms with van der Waals surface area (Å²) >= 11 is 9.38. The van der Waals surface area contributed by atoms with E-state index in [1.165, 1.54) is 0 Å². The van der Waals surface area contributed by atoms with E-state index in [1.54, 1.807) is 7.11 Å². The lowest BCUT2D eigenvalue weighted by Crippen LogP contribution is -2.53. The van der Waals surface area contributed by atoms with Crippen molar-refractivity contribution in [2.75, 3.05) is 20.2 Å². The largest absolute Gasteiger partial charge is 0.378 e. The molecule has 1 amide bonds. The average Bonchev–Trinajstić information content (AvgIpc) is 2.67. The molecular weight excluding hydrogens is 334 g/mol. The number of aromatic amines is 1. The molecule has 19 heavy (non-hydrogen) atoms. The zero-order valence-corrected chi connectivity index (χ0v) is 13.2. The molecule has 2 rings (SSSR count). The van der Waals surface area contributed by atoms with E-state index in [4.69, 9.17) is 16.3 Å². The molecule has 106 valence electrons. The third-order valence-corrected chi connectivity index (χ3v) is 4.82. The number of halogens is 2. The molecule has 1 aliphatic heterocycles. The summed E-state index contributed by atoms with van der Waals surface area (Å²) in [6.07, 6.45) is 0.831. The van der Waals surface area contributed by atoms with Crippen molar-refractivity contribution in [3.63, 3.8) is 0 Å². The van der Waals surface area contributed by atoms with Gasteiger partial charge in [0.25, 0.3) is 5.91 Å². The first-order valence-corrected chi connectivity index (χ1v) is 7.29. The molecule has 0 spiro atoms. The van der Waals surface area contributed by atoms with E-state index in [1.807, 2.05) is 6.92 Å². The van der Waals surface area contributed by atoms with Gasteiger partial charge in [-0.25, -0.2) is 0 Å². The Hall–Kier alpha value is -0.560. The number of rotatable bonds is 3. The number of aryl methyl sites for hydroxylation is 1. The van der Waals surface area contributed by atoms with Gasteiger partial charge >= 0.3 is 0 Å². The van der Waals surface area contributed by atoms with Gasteiger partial charge in [0, 0.05) is 19.3 Å². The minimum absolute atomic E-state index is 0.00744. The molecule has 2 heterocycles. The molecule has 0 unspecified atom stereocenters. The van der Waals surface area contributed by atoms with E-state index in [-0.39, 0.29) is 18.1 Å². The van der Waals surface area contributed by atoms with Crippen LogP contribution in [0.15, 0.2) is 4.47 Å². The third-order valence-electron chi connectivity index (χ3n) is 3.33. The van der Waals surface area contributed by atoms with Gasteiger partial charge in [-0.05, 0) is 35.8 Å². The smallest absolute Gasteiger partial charge is 0.269 e. The van der Waals surface area contributed by atoms with Crippen LogP contribution in [0.2, 0.25) is 5.02 Å². The predicted octanol–water partition coefficient (Wildman–Crippen LogP) is 1.85. The normalized spacial score (nSPS) is 23.4. The number of piperidine rings is 1. The van der Waals surface area contributed by atoms with Crippen LogP contribution in [0.3, 0.4) is 0 Å². The lowest BCUT2D eigenvalue weighted by molar-refractivity contribution is 0.0475. The van der Waals surface area contributed by atoms with Crippen LogP contribution in [0.1, 0.15) is 22.6 Å². The van der Waals surface area contributed by atoms with Crippen LogP contribution in [-0.2, 0) is 4.74 Å². The summed E-state index contributed by atoms with van der Waals surface area (Å²) in [6, 6.07) is 0.00744. The highest BCUT2D eigenvalue weighted by Gasteiger charge is 2.28. The molecular formula is C12H17BrClN3O2. The van der Waals surface area contributed by atoms with E-state index >= 15 is 0 Å². The Morgan fingerprint density at radius 2 is 2.32 bits per heavy atom. The first-order chi connectivity index (χ1) is 9.04. The summed E-state index contributed by atoms with van der Waals surface area (Å²) in [6.45, 7) is 3.44. The molecule has 7 heteroatoms. The minimum Gasteiger partial charge on any atom is -0.378 e. The maximum absolute atomic E-state index is 12.3. The monoisotopic (exact) mass is 349 g/mol. The maximum Gasteiger partial charge on any atom is 0.269 e. The summed E-state index contributed by atoms with van der Waals surface area (Å²) in [5.74, 6) is -0.171. The number of hydrogen-bond acceptors (Lipinski definition) is 3. The Bertz CT molecular complexity index is 478. The van der Waals surface area contributed by atoms with Gasteiger partial charge in [0.05, 0.1) is 21.6 Å². The van der Waals surface area contributed by atoms with E-state index < -0.39 is 0 Å². The molecule has 0 saturated carbocycles. The molecule has 0 bridgehead atoms. The number of nitrogens with one attached hydrogen (secondary N) is 3. The second-order valence-electron chi connectivity index (χ2n) is 4.60. The Morgan fingerprint density at radius 1 is 1.58 bits per heavy atom. The molecule has 3 N–H and O–H groups in total. The number of ether oxygens (including phenoxy) is 1. The number of carbonyl (C=O) groups excluding carboxylic acids is 1. The van der Waals surface area contributed by atoms with Crippen LogP contribution in [0.4, 0.5) is 0 Å². The molecule has 1 saturated heterocycles. The van der Waals surface area contributed by atoms with E-state index in [0.717, 1.165) is 25.2 Å².